The summed E-state index contributed by atoms with van der Waals surface area (Å²) in [4.78, 5) is 37.7. The third-order valence-corrected chi connectivity index (χ3v) is 1.24. The van der Waals surface area contributed by atoms with E-state index in [4.69, 9.17) is 0 Å². The zero-order chi connectivity index (χ0) is 20.0. The Balaban J connectivity index is -0.0000000702. The Kier molecular flexibility index (Phi) is 40.4. The van der Waals surface area contributed by atoms with Crippen molar-refractivity contribution in [2.24, 2.45) is 0 Å². The van der Waals surface area contributed by atoms with Crippen molar-refractivity contribution in [3.05, 3.63) is 50.6 Å². The van der Waals surface area contributed by atoms with E-state index in [0.717, 1.165) is 0 Å². The fourth-order valence-corrected chi connectivity index (χ4v) is 0.471. The number of hydrogen-bond acceptors (Lipinski definition) is 8. The summed E-state index contributed by atoms with van der Waals surface area (Å²) in [7, 11) is 0. The third kappa shape index (κ3) is 89.8. The predicted molar refractivity (Wildman–Crippen MR) is 85.0 cm³/mol. The maximum Gasteiger partial charge on any atom is 4.00 e. The molecule has 0 aromatic heterocycles. The van der Waals surface area contributed by atoms with Crippen LogP contribution in [-0.4, -0.2) is 47.8 Å². The van der Waals surface area contributed by atoms with Crippen molar-refractivity contribution in [3.63, 3.8) is 0 Å². The summed E-state index contributed by atoms with van der Waals surface area (Å²) in [5, 5.41) is 37.7. The number of aliphatic carboxylic acids is 4. The average Bonchev–Trinajstić information content (AvgIpc) is 2.39. The number of hydrogen-bond donors (Lipinski definition) is 0. The van der Waals surface area contributed by atoms with Crippen LogP contribution in [0.2, 0.25) is 0 Å². The summed E-state index contributed by atoms with van der Waals surface area (Å²) in [6.07, 6.45) is 4.93. The van der Waals surface area contributed by atoms with Gasteiger partial charge in [0.2, 0.25) is 0 Å². The minimum absolute atomic E-state index is 0. The number of carbonyl (C=O) groups is 4. The molecule has 0 atom stereocenters. The number of carboxylic acids is 4. The van der Waals surface area contributed by atoms with Crippen molar-refractivity contribution in [1.82, 2.24) is 0 Å². The van der Waals surface area contributed by atoms with Crippen LogP contribution in [0.5, 0.6) is 0 Å². The van der Waals surface area contributed by atoms with Crippen LogP contribution < -0.4 is 20.4 Å². The largest absolute Gasteiger partial charge is 4.00 e. The summed E-state index contributed by atoms with van der Waals surface area (Å²) in [6.45, 7) is 12.7. The van der Waals surface area contributed by atoms with E-state index in [9.17, 15) is 39.6 Å². The molecule has 0 amide bonds. The van der Waals surface area contributed by atoms with E-state index in [1.54, 1.807) is 0 Å². The first-order valence-corrected chi connectivity index (χ1v) is 6.31. The van der Waals surface area contributed by atoms with Crippen molar-refractivity contribution in [2.75, 3.05) is 0 Å². The van der Waals surface area contributed by atoms with E-state index < -0.39 is 23.9 Å². The van der Waals surface area contributed by atoms with Gasteiger partial charge in [0.05, 0.1) is 0 Å². The molecule has 0 radical (unpaired) electrons. The second-order valence-electron chi connectivity index (χ2n) is 3.46. The number of carbonyl (C=O) groups excluding carboxylic acids is 4. The number of rotatable bonds is 8. The average molecular weight is 459 g/mol. The molecule has 9 heteroatoms. The van der Waals surface area contributed by atoms with Crippen molar-refractivity contribution in [3.8, 4) is 0 Å². The van der Waals surface area contributed by atoms with Gasteiger partial charge in [0.25, 0.3) is 0 Å². The third-order valence-electron chi connectivity index (χ3n) is 1.24. The van der Waals surface area contributed by atoms with Gasteiger partial charge in [-0.25, -0.2) is 0 Å². The van der Waals surface area contributed by atoms with Crippen LogP contribution in [0, 0.1) is 0 Å². The van der Waals surface area contributed by atoms with Crippen molar-refractivity contribution in [1.29, 1.82) is 0 Å². The van der Waals surface area contributed by atoms with Gasteiger partial charge in [0.15, 0.2) is 0 Å². The van der Waals surface area contributed by atoms with Gasteiger partial charge in [-0.3, -0.25) is 0 Å². The molecule has 0 heterocycles. The Morgan fingerprint density at radius 3 is 0.640 bits per heavy atom. The molecular formula is C16H20O8Sn. The van der Waals surface area contributed by atoms with Gasteiger partial charge in [-0.05, 0) is 0 Å². The van der Waals surface area contributed by atoms with Crippen LogP contribution in [0.4, 0.5) is 0 Å². The first kappa shape index (κ1) is 34.1. The molecule has 0 aromatic rings. The molecule has 0 fully saturated rings. The van der Waals surface area contributed by atoms with E-state index in [1.165, 1.54) is 24.3 Å². The van der Waals surface area contributed by atoms with Crippen LogP contribution in [-0.2, 0) is 19.2 Å². The van der Waals surface area contributed by atoms with Gasteiger partial charge in [-0.2, -0.15) is 0 Å². The first-order chi connectivity index (χ1) is 11.1. The Labute approximate surface area is 163 Å². The smallest absolute Gasteiger partial charge is 0.550 e. The summed E-state index contributed by atoms with van der Waals surface area (Å²) < 4.78 is 0. The zero-order valence-corrected chi connectivity index (χ0v) is 16.6. The topological polar surface area (TPSA) is 161 Å². The molecule has 0 aliphatic heterocycles. The van der Waals surface area contributed by atoms with Crippen LogP contribution >= 0.6 is 0 Å². The van der Waals surface area contributed by atoms with Gasteiger partial charge in [-0.1, -0.05) is 24.3 Å². The molecule has 0 aliphatic carbocycles. The van der Waals surface area contributed by atoms with Crippen LogP contribution in [0.1, 0.15) is 25.7 Å². The molecule has 0 saturated carbocycles. The van der Waals surface area contributed by atoms with E-state index >= 15 is 0 Å². The Morgan fingerprint density at radius 1 is 0.520 bits per heavy atom. The molecule has 8 nitrogen and oxygen atoms in total. The maximum atomic E-state index is 9.42. The Hall–Kier alpha value is -2.36. The molecule has 0 spiro atoms. The second-order valence-corrected chi connectivity index (χ2v) is 3.46. The normalized spacial score (nSPS) is 7.04. The molecule has 0 saturated heterocycles. The standard InChI is InChI=1S/4C4H6O2.Sn/c4*1-2-3-4(5)6;/h4*2H,1,3H2,(H,5,6);/q;;;;+4/p-4. The molecule has 0 unspecified atom stereocenters. The summed E-state index contributed by atoms with van der Waals surface area (Å²) in [5.74, 6) is -4.31. The van der Waals surface area contributed by atoms with Crippen molar-refractivity contribution >= 4 is 47.8 Å². The monoisotopic (exact) mass is 460 g/mol. The van der Waals surface area contributed by atoms with Crippen molar-refractivity contribution in [2.45, 2.75) is 25.7 Å². The van der Waals surface area contributed by atoms with Crippen LogP contribution in [0.15, 0.2) is 50.6 Å². The van der Waals surface area contributed by atoms with E-state index in [0.29, 0.717) is 0 Å². The summed E-state index contributed by atoms with van der Waals surface area (Å²) in [5.41, 5.74) is 0. The van der Waals surface area contributed by atoms with Gasteiger partial charge >= 0.3 is 23.9 Å². The van der Waals surface area contributed by atoms with Gasteiger partial charge in [-0.15, -0.1) is 26.3 Å². The quantitative estimate of drug-likeness (QED) is 0.272. The summed E-state index contributed by atoms with van der Waals surface area (Å²) in [6, 6.07) is 0. The fraction of sp³-hybridized carbons (Fsp3) is 0.250. The molecule has 0 N–H and O–H groups in total. The minimum atomic E-state index is -1.08. The van der Waals surface area contributed by atoms with Crippen LogP contribution in [0.3, 0.4) is 0 Å². The molecule has 0 bridgehead atoms. The molecule has 0 aromatic carbocycles. The van der Waals surface area contributed by atoms with E-state index in [2.05, 4.69) is 26.3 Å². The molecule has 0 aliphatic rings. The maximum absolute atomic E-state index is 9.42. The van der Waals surface area contributed by atoms with Crippen LogP contribution in [0.25, 0.3) is 0 Å². The molecule has 25 heavy (non-hydrogen) atoms. The molecule has 136 valence electrons. The molecular weight excluding hydrogens is 439 g/mol. The Morgan fingerprint density at radius 2 is 0.640 bits per heavy atom. The summed E-state index contributed by atoms with van der Waals surface area (Å²) >= 11 is 0. The second kappa shape index (κ2) is 29.6. The predicted octanol–water partition coefficient (Wildman–Crippen LogP) is -3.13. The molecule has 0 rings (SSSR count). The van der Waals surface area contributed by atoms with Crippen molar-refractivity contribution < 1.29 is 39.6 Å². The van der Waals surface area contributed by atoms with Gasteiger partial charge in [0, 0.05) is 49.6 Å². The zero-order valence-electron chi connectivity index (χ0n) is 13.7. The van der Waals surface area contributed by atoms with Gasteiger partial charge in [0.1, 0.15) is 0 Å². The minimum Gasteiger partial charge on any atom is -0.550 e. The Bertz CT molecular complexity index is 350. The van der Waals surface area contributed by atoms with E-state index in [-0.39, 0.29) is 49.6 Å². The van der Waals surface area contributed by atoms with Gasteiger partial charge < -0.3 is 39.6 Å². The first-order valence-electron chi connectivity index (χ1n) is 6.31. The number of carboxylic acid groups (broad SMARTS) is 4. The van der Waals surface area contributed by atoms with E-state index in [1.807, 2.05) is 0 Å². The SMILES string of the molecule is C=CCC(=O)[O-].C=CCC(=O)[O-].C=CCC(=O)[O-].C=CCC(=O)[O-].[Sn+4]. The fourth-order valence-electron chi connectivity index (χ4n) is 0.471.